The maximum absolute atomic E-state index is 13.2. The van der Waals surface area contributed by atoms with E-state index in [1.165, 1.54) is 12.1 Å². The summed E-state index contributed by atoms with van der Waals surface area (Å²) in [6.45, 7) is 5.47. The SMILES string of the molecule is CC(C)=CC(=O)Nc1cc(C)ccc1F. The summed E-state index contributed by atoms with van der Waals surface area (Å²) in [5.74, 6) is -0.726. The van der Waals surface area contributed by atoms with E-state index in [1.807, 2.05) is 20.8 Å². The second-order valence-electron chi connectivity index (χ2n) is 3.69. The predicted octanol–water partition coefficient (Wildman–Crippen LogP) is 3.04. The van der Waals surface area contributed by atoms with Gasteiger partial charge in [-0.05, 0) is 38.5 Å². The van der Waals surface area contributed by atoms with Crippen molar-refractivity contribution < 1.29 is 9.18 Å². The molecule has 1 amide bonds. The topological polar surface area (TPSA) is 29.1 Å². The summed E-state index contributed by atoms with van der Waals surface area (Å²) in [6.07, 6.45) is 1.43. The fraction of sp³-hybridized carbons (Fsp3) is 0.250. The number of carbonyl (C=O) groups excluding carboxylic acids is 1. The Morgan fingerprint density at radius 3 is 2.67 bits per heavy atom. The molecule has 2 nitrogen and oxygen atoms in total. The van der Waals surface area contributed by atoms with Crippen molar-refractivity contribution in [1.82, 2.24) is 0 Å². The number of allylic oxidation sites excluding steroid dienone is 1. The molecule has 0 heterocycles. The Labute approximate surface area is 88.8 Å². The Hall–Kier alpha value is -1.64. The summed E-state index contributed by atoms with van der Waals surface area (Å²) < 4.78 is 13.2. The molecule has 0 atom stereocenters. The van der Waals surface area contributed by atoms with Crippen LogP contribution in [0.2, 0.25) is 0 Å². The first kappa shape index (κ1) is 11.4. The number of hydrogen-bond acceptors (Lipinski definition) is 1. The van der Waals surface area contributed by atoms with Gasteiger partial charge >= 0.3 is 0 Å². The van der Waals surface area contributed by atoms with Crippen molar-refractivity contribution in [2.45, 2.75) is 20.8 Å². The van der Waals surface area contributed by atoms with E-state index in [9.17, 15) is 9.18 Å². The Balaban J connectivity index is 2.85. The van der Waals surface area contributed by atoms with E-state index in [4.69, 9.17) is 0 Å². The average molecular weight is 207 g/mol. The van der Waals surface area contributed by atoms with Crippen molar-refractivity contribution >= 4 is 11.6 Å². The van der Waals surface area contributed by atoms with Gasteiger partial charge in [0.15, 0.2) is 0 Å². The molecule has 0 fully saturated rings. The molecule has 0 unspecified atom stereocenters. The zero-order chi connectivity index (χ0) is 11.4. The predicted molar refractivity (Wildman–Crippen MR) is 59.2 cm³/mol. The lowest BCUT2D eigenvalue weighted by Gasteiger charge is -2.05. The van der Waals surface area contributed by atoms with Gasteiger partial charge in [0.1, 0.15) is 5.82 Å². The van der Waals surface area contributed by atoms with Crippen LogP contribution in [0.4, 0.5) is 10.1 Å². The summed E-state index contributed by atoms with van der Waals surface area (Å²) in [6, 6.07) is 4.60. The van der Waals surface area contributed by atoms with Crippen LogP contribution in [0.15, 0.2) is 29.8 Å². The highest BCUT2D eigenvalue weighted by atomic mass is 19.1. The molecule has 1 rings (SSSR count). The molecule has 0 spiro atoms. The molecule has 80 valence electrons. The molecular weight excluding hydrogens is 193 g/mol. The maximum Gasteiger partial charge on any atom is 0.248 e. The van der Waals surface area contributed by atoms with Gasteiger partial charge < -0.3 is 5.32 Å². The summed E-state index contributed by atoms with van der Waals surface area (Å²) >= 11 is 0. The van der Waals surface area contributed by atoms with Crippen molar-refractivity contribution in [3.63, 3.8) is 0 Å². The van der Waals surface area contributed by atoms with Gasteiger partial charge in [0.2, 0.25) is 5.91 Å². The Morgan fingerprint density at radius 1 is 1.40 bits per heavy atom. The number of hydrogen-bond donors (Lipinski definition) is 1. The van der Waals surface area contributed by atoms with Crippen LogP contribution in [-0.4, -0.2) is 5.91 Å². The van der Waals surface area contributed by atoms with E-state index in [0.717, 1.165) is 11.1 Å². The summed E-state index contributed by atoms with van der Waals surface area (Å²) in [5.41, 5.74) is 2.00. The Kier molecular flexibility index (Phi) is 3.61. The molecular formula is C12H14FNO. The van der Waals surface area contributed by atoms with E-state index in [0.29, 0.717) is 0 Å². The number of amides is 1. The van der Waals surface area contributed by atoms with Crippen LogP contribution in [-0.2, 0) is 4.79 Å². The molecule has 1 N–H and O–H groups in total. The second kappa shape index (κ2) is 4.73. The molecule has 0 aliphatic rings. The molecule has 15 heavy (non-hydrogen) atoms. The molecule has 3 heteroatoms. The third-order valence-electron chi connectivity index (χ3n) is 1.80. The maximum atomic E-state index is 13.2. The van der Waals surface area contributed by atoms with Crippen molar-refractivity contribution in [2.75, 3.05) is 5.32 Å². The lowest BCUT2D eigenvalue weighted by atomic mass is 10.2. The third-order valence-corrected chi connectivity index (χ3v) is 1.80. The van der Waals surface area contributed by atoms with Crippen molar-refractivity contribution in [3.05, 3.63) is 41.2 Å². The fourth-order valence-electron chi connectivity index (χ4n) is 1.17. The molecule has 0 saturated heterocycles. The molecule has 0 saturated carbocycles. The number of carbonyl (C=O) groups is 1. The van der Waals surface area contributed by atoms with Crippen LogP contribution < -0.4 is 5.32 Å². The first-order valence-corrected chi connectivity index (χ1v) is 4.71. The monoisotopic (exact) mass is 207 g/mol. The quantitative estimate of drug-likeness (QED) is 0.742. The lowest BCUT2D eigenvalue weighted by molar-refractivity contribution is -0.112. The fourth-order valence-corrected chi connectivity index (χ4v) is 1.17. The van der Waals surface area contributed by atoms with Crippen LogP contribution in [0.25, 0.3) is 0 Å². The van der Waals surface area contributed by atoms with Gasteiger partial charge in [-0.1, -0.05) is 11.6 Å². The number of halogens is 1. The minimum absolute atomic E-state index is 0.220. The van der Waals surface area contributed by atoms with Crippen LogP contribution in [0.5, 0.6) is 0 Å². The minimum atomic E-state index is -0.420. The number of benzene rings is 1. The minimum Gasteiger partial charge on any atom is -0.320 e. The van der Waals surface area contributed by atoms with Crippen LogP contribution >= 0.6 is 0 Å². The van der Waals surface area contributed by atoms with Crippen LogP contribution in [0.1, 0.15) is 19.4 Å². The zero-order valence-corrected chi connectivity index (χ0v) is 9.10. The summed E-state index contributed by atoms with van der Waals surface area (Å²) in [4.78, 5) is 11.3. The van der Waals surface area contributed by atoms with Gasteiger partial charge in [-0.3, -0.25) is 4.79 Å². The van der Waals surface area contributed by atoms with Gasteiger partial charge in [-0.25, -0.2) is 4.39 Å². The van der Waals surface area contributed by atoms with Crippen molar-refractivity contribution in [1.29, 1.82) is 0 Å². The number of rotatable bonds is 2. The van der Waals surface area contributed by atoms with E-state index in [-0.39, 0.29) is 11.6 Å². The highest BCUT2D eigenvalue weighted by molar-refractivity contribution is 5.99. The first-order valence-electron chi connectivity index (χ1n) is 4.71. The molecule has 0 bridgehead atoms. The molecule has 0 radical (unpaired) electrons. The van der Waals surface area contributed by atoms with E-state index in [2.05, 4.69) is 5.32 Å². The van der Waals surface area contributed by atoms with Gasteiger partial charge in [-0.2, -0.15) is 0 Å². The van der Waals surface area contributed by atoms with Crippen LogP contribution in [0, 0.1) is 12.7 Å². The molecule has 0 aliphatic heterocycles. The molecule has 1 aromatic rings. The standard InChI is InChI=1S/C12H14FNO/c1-8(2)6-12(15)14-11-7-9(3)4-5-10(11)13/h4-7H,1-3H3,(H,14,15). The summed E-state index contributed by atoms with van der Waals surface area (Å²) in [5, 5.41) is 2.49. The highest BCUT2D eigenvalue weighted by Crippen LogP contribution is 2.15. The number of aryl methyl sites for hydroxylation is 1. The van der Waals surface area contributed by atoms with E-state index < -0.39 is 5.82 Å². The lowest BCUT2D eigenvalue weighted by Crippen LogP contribution is -2.09. The number of anilines is 1. The average Bonchev–Trinajstić information content (AvgIpc) is 2.10. The van der Waals surface area contributed by atoms with Gasteiger partial charge in [-0.15, -0.1) is 0 Å². The number of nitrogens with one attached hydrogen (secondary N) is 1. The zero-order valence-electron chi connectivity index (χ0n) is 9.10. The molecule has 0 aromatic heterocycles. The van der Waals surface area contributed by atoms with Gasteiger partial charge in [0, 0.05) is 6.08 Å². The van der Waals surface area contributed by atoms with Crippen molar-refractivity contribution in [3.8, 4) is 0 Å². The van der Waals surface area contributed by atoms with Crippen molar-refractivity contribution in [2.24, 2.45) is 0 Å². The Bertz CT molecular complexity index is 406. The summed E-state index contributed by atoms with van der Waals surface area (Å²) in [7, 11) is 0. The van der Waals surface area contributed by atoms with Gasteiger partial charge in [0.25, 0.3) is 0 Å². The third kappa shape index (κ3) is 3.54. The smallest absolute Gasteiger partial charge is 0.248 e. The molecule has 1 aromatic carbocycles. The second-order valence-corrected chi connectivity index (χ2v) is 3.69. The van der Waals surface area contributed by atoms with E-state index >= 15 is 0 Å². The highest BCUT2D eigenvalue weighted by Gasteiger charge is 2.04. The largest absolute Gasteiger partial charge is 0.320 e. The normalized spacial score (nSPS) is 9.60. The Morgan fingerprint density at radius 2 is 2.07 bits per heavy atom. The first-order chi connectivity index (χ1) is 6.99. The van der Waals surface area contributed by atoms with E-state index in [1.54, 1.807) is 12.1 Å². The van der Waals surface area contributed by atoms with Crippen LogP contribution in [0.3, 0.4) is 0 Å². The molecule has 0 aliphatic carbocycles. The van der Waals surface area contributed by atoms with Gasteiger partial charge in [0.05, 0.1) is 5.69 Å².